The van der Waals surface area contributed by atoms with Crippen LogP contribution in [0, 0.1) is 6.92 Å². The van der Waals surface area contributed by atoms with Crippen LogP contribution in [0.1, 0.15) is 5.69 Å². The van der Waals surface area contributed by atoms with Crippen molar-refractivity contribution in [2.45, 2.75) is 6.92 Å². The van der Waals surface area contributed by atoms with Gasteiger partial charge in [-0.05, 0) is 25.1 Å². The van der Waals surface area contributed by atoms with Crippen molar-refractivity contribution in [1.82, 2.24) is 19.7 Å². The van der Waals surface area contributed by atoms with Crippen molar-refractivity contribution < 1.29 is 0 Å². The Morgan fingerprint density at radius 2 is 1.62 bits per heavy atom. The van der Waals surface area contributed by atoms with E-state index in [-0.39, 0.29) is 0 Å². The number of nitrogens with zero attached hydrogens (tertiary/aromatic N) is 6. The van der Waals surface area contributed by atoms with E-state index in [9.17, 15) is 0 Å². The zero-order valence-electron chi connectivity index (χ0n) is 13.7. The molecule has 0 unspecified atom stereocenters. The van der Waals surface area contributed by atoms with Crippen LogP contribution in [-0.4, -0.2) is 45.9 Å². The average molecular weight is 320 g/mol. The van der Waals surface area contributed by atoms with Crippen LogP contribution in [0.4, 0.5) is 11.6 Å². The van der Waals surface area contributed by atoms with Crippen molar-refractivity contribution in [1.29, 1.82) is 0 Å². The SMILES string of the molecule is Cc1ccn(-c2ccnc(N3CCN(c4ccccc4)CC3)n2)n1. The van der Waals surface area contributed by atoms with Crippen LogP contribution in [0.2, 0.25) is 0 Å². The fourth-order valence-corrected chi connectivity index (χ4v) is 2.97. The third-order valence-electron chi connectivity index (χ3n) is 4.27. The van der Waals surface area contributed by atoms with E-state index in [1.165, 1.54) is 5.69 Å². The first-order chi connectivity index (χ1) is 11.8. The van der Waals surface area contributed by atoms with E-state index in [2.05, 4.69) is 55.2 Å². The van der Waals surface area contributed by atoms with Gasteiger partial charge in [-0.25, -0.2) is 9.67 Å². The summed E-state index contributed by atoms with van der Waals surface area (Å²) in [5.41, 5.74) is 2.26. The Morgan fingerprint density at radius 3 is 2.33 bits per heavy atom. The van der Waals surface area contributed by atoms with Gasteiger partial charge in [-0.1, -0.05) is 18.2 Å². The smallest absolute Gasteiger partial charge is 0.227 e. The van der Waals surface area contributed by atoms with E-state index >= 15 is 0 Å². The lowest BCUT2D eigenvalue weighted by Gasteiger charge is -2.36. The molecule has 3 aromatic rings. The van der Waals surface area contributed by atoms with Crippen molar-refractivity contribution >= 4 is 11.6 Å². The monoisotopic (exact) mass is 320 g/mol. The highest BCUT2D eigenvalue weighted by molar-refractivity contribution is 5.48. The second-order valence-corrected chi connectivity index (χ2v) is 5.93. The number of piperazine rings is 1. The van der Waals surface area contributed by atoms with Crippen molar-refractivity contribution in [3.05, 3.63) is 60.6 Å². The Balaban J connectivity index is 1.48. The highest BCUT2D eigenvalue weighted by Gasteiger charge is 2.19. The Labute approximate surface area is 141 Å². The third-order valence-corrected chi connectivity index (χ3v) is 4.27. The van der Waals surface area contributed by atoms with Gasteiger partial charge in [-0.3, -0.25) is 0 Å². The molecule has 122 valence electrons. The van der Waals surface area contributed by atoms with Crippen molar-refractivity contribution in [2.75, 3.05) is 36.0 Å². The molecule has 1 aliphatic heterocycles. The first kappa shape index (κ1) is 14.7. The summed E-state index contributed by atoms with van der Waals surface area (Å²) in [6, 6.07) is 14.4. The van der Waals surface area contributed by atoms with Crippen LogP contribution in [0.15, 0.2) is 54.9 Å². The number of para-hydroxylation sites is 1. The second kappa shape index (κ2) is 6.31. The summed E-state index contributed by atoms with van der Waals surface area (Å²) in [6.07, 6.45) is 3.73. The van der Waals surface area contributed by atoms with Gasteiger partial charge in [-0.15, -0.1) is 0 Å². The Morgan fingerprint density at radius 1 is 0.875 bits per heavy atom. The molecule has 6 nitrogen and oxygen atoms in total. The molecule has 0 spiro atoms. The zero-order chi connectivity index (χ0) is 16.4. The van der Waals surface area contributed by atoms with Gasteiger partial charge in [0.2, 0.25) is 5.95 Å². The minimum absolute atomic E-state index is 0.772. The number of hydrogen-bond acceptors (Lipinski definition) is 5. The molecule has 24 heavy (non-hydrogen) atoms. The van der Waals surface area contributed by atoms with Crippen LogP contribution in [-0.2, 0) is 0 Å². The number of aryl methyl sites for hydroxylation is 1. The molecule has 1 saturated heterocycles. The lowest BCUT2D eigenvalue weighted by atomic mass is 10.2. The summed E-state index contributed by atoms with van der Waals surface area (Å²) in [4.78, 5) is 13.8. The van der Waals surface area contributed by atoms with E-state index in [1.807, 2.05) is 25.3 Å². The van der Waals surface area contributed by atoms with Crippen LogP contribution >= 0.6 is 0 Å². The molecule has 1 aliphatic rings. The van der Waals surface area contributed by atoms with Crippen LogP contribution in [0.5, 0.6) is 0 Å². The van der Waals surface area contributed by atoms with Gasteiger partial charge in [0, 0.05) is 50.3 Å². The maximum absolute atomic E-state index is 4.67. The van der Waals surface area contributed by atoms with Crippen LogP contribution < -0.4 is 9.80 Å². The number of aromatic nitrogens is 4. The summed E-state index contributed by atoms with van der Waals surface area (Å²) in [5, 5.41) is 4.42. The minimum Gasteiger partial charge on any atom is -0.368 e. The summed E-state index contributed by atoms with van der Waals surface area (Å²) < 4.78 is 1.79. The average Bonchev–Trinajstić information content (AvgIpc) is 3.09. The van der Waals surface area contributed by atoms with Gasteiger partial charge in [0.05, 0.1) is 5.69 Å². The molecule has 0 radical (unpaired) electrons. The first-order valence-electron chi connectivity index (χ1n) is 8.20. The van der Waals surface area contributed by atoms with Crippen LogP contribution in [0.25, 0.3) is 5.82 Å². The molecule has 0 N–H and O–H groups in total. The standard InChI is InChI=1S/C18H20N6/c1-15-8-10-24(21-15)17-7-9-19-18(20-17)23-13-11-22(12-14-23)16-5-3-2-4-6-16/h2-10H,11-14H2,1H3. The lowest BCUT2D eigenvalue weighted by molar-refractivity contribution is 0.638. The Kier molecular flexibility index (Phi) is 3.86. The fourth-order valence-electron chi connectivity index (χ4n) is 2.97. The molecule has 6 heteroatoms. The quantitative estimate of drug-likeness (QED) is 0.741. The Bertz CT molecular complexity index is 805. The molecule has 0 amide bonds. The number of benzene rings is 1. The molecular weight excluding hydrogens is 300 g/mol. The topological polar surface area (TPSA) is 50.1 Å². The highest BCUT2D eigenvalue weighted by atomic mass is 15.4. The molecule has 1 aromatic carbocycles. The molecule has 3 heterocycles. The van der Waals surface area contributed by atoms with E-state index in [0.29, 0.717) is 0 Å². The van der Waals surface area contributed by atoms with Crippen molar-refractivity contribution in [3.63, 3.8) is 0 Å². The van der Waals surface area contributed by atoms with Gasteiger partial charge >= 0.3 is 0 Å². The summed E-state index contributed by atoms with van der Waals surface area (Å²) in [6.45, 7) is 5.74. The second-order valence-electron chi connectivity index (χ2n) is 5.93. The minimum atomic E-state index is 0.772. The van der Waals surface area contributed by atoms with Gasteiger partial charge in [-0.2, -0.15) is 10.1 Å². The molecular formula is C18H20N6. The van der Waals surface area contributed by atoms with Gasteiger partial charge in [0.25, 0.3) is 0 Å². The van der Waals surface area contributed by atoms with E-state index in [1.54, 1.807) is 10.9 Å². The van der Waals surface area contributed by atoms with E-state index < -0.39 is 0 Å². The predicted molar refractivity (Wildman–Crippen MR) is 94.8 cm³/mol. The van der Waals surface area contributed by atoms with E-state index in [4.69, 9.17) is 0 Å². The van der Waals surface area contributed by atoms with Crippen molar-refractivity contribution in [2.24, 2.45) is 0 Å². The Hall–Kier alpha value is -2.89. The maximum atomic E-state index is 4.67. The van der Waals surface area contributed by atoms with Crippen molar-refractivity contribution in [3.8, 4) is 5.82 Å². The summed E-state index contributed by atoms with van der Waals surface area (Å²) >= 11 is 0. The largest absolute Gasteiger partial charge is 0.368 e. The summed E-state index contributed by atoms with van der Waals surface area (Å²) in [7, 11) is 0. The third kappa shape index (κ3) is 2.95. The lowest BCUT2D eigenvalue weighted by Crippen LogP contribution is -2.47. The molecule has 0 bridgehead atoms. The molecule has 4 rings (SSSR count). The number of rotatable bonds is 3. The van der Waals surface area contributed by atoms with Gasteiger partial charge in [0.1, 0.15) is 0 Å². The molecule has 0 saturated carbocycles. The zero-order valence-corrected chi connectivity index (χ0v) is 13.7. The first-order valence-corrected chi connectivity index (χ1v) is 8.20. The van der Waals surface area contributed by atoms with E-state index in [0.717, 1.165) is 43.6 Å². The molecule has 2 aromatic heterocycles. The normalized spacial score (nSPS) is 14.9. The number of hydrogen-bond donors (Lipinski definition) is 0. The van der Waals surface area contributed by atoms with Gasteiger partial charge < -0.3 is 9.80 Å². The highest BCUT2D eigenvalue weighted by Crippen LogP contribution is 2.18. The van der Waals surface area contributed by atoms with Gasteiger partial charge in [0.15, 0.2) is 5.82 Å². The molecule has 0 atom stereocenters. The molecule has 0 aliphatic carbocycles. The molecule has 1 fully saturated rings. The van der Waals surface area contributed by atoms with Crippen LogP contribution in [0.3, 0.4) is 0 Å². The number of anilines is 2. The fraction of sp³-hybridized carbons (Fsp3) is 0.278. The maximum Gasteiger partial charge on any atom is 0.227 e. The summed E-state index contributed by atoms with van der Waals surface area (Å²) in [5.74, 6) is 1.58. The predicted octanol–water partition coefficient (Wildman–Crippen LogP) is 2.30.